The van der Waals surface area contributed by atoms with Crippen molar-refractivity contribution >= 4 is 11.8 Å². The molecule has 0 unspecified atom stereocenters. The Kier molecular flexibility index (Phi) is 9.35. The number of nitrogens with one attached hydrogen (secondary N) is 1. The molecule has 0 saturated carbocycles. The maximum atomic E-state index is 13.5. The van der Waals surface area contributed by atoms with E-state index in [0.29, 0.717) is 17.7 Å². The van der Waals surface area contributed by atoms with Gasteiger partial charge in [0.15, 0.2) is 6.61 Å². The van der Waals surface area contributed by atoms with Gasteiger partial charge in [0, 0.05) is 19.0 Å². The summed E-state index contributed by atoms with van der Waals surface area (Å²) in [5, 5.41) is 2.98. The van der Waals surface area contributed by atoms with Crippen LogP contribution in [-0.2, 0) is 22.6 Å². The Morgan fingerprint density at radius 1 is 0.886 bits per heavy atom. The largest absolute Gasteiger partial charge is 0.484 e. The number of carbonyl (C=O) groups excluding carboxylic acids is 2. The molecule has 0 aromatic heterocycles. The molecule has 3 rings (SSSR count). The summed E-state index contributed by atoms with van der Waals surface area (Å²) >= 11 is 0. The highest BCUT2D eigenvalue weighted by Crippen LogP contribution is 2.17. The molecule has 2 amide bonds. The minimum atomic E-state index is -0.819. The Morgan fingerprint density at radius 3 is 2.09 bits per heavy atom. The van der Waals surface area contributed by atoms with Crippen LogP contribution >= 0.6 is 0 Å². The lowest BCUT2D eigenvalue weighted by Gasteiger charge is -2.32. The van der Waals surface area contributed by atoms with Crippen LogP contribution in [0.3, 0.4) is 0 Å². The van der Waals surface area contributed by atoms with E-state index in [-0.39, 0.29) is 30.9 Å². The minimum absolute atomic E-state index is 0.0704. The topological polar surface area (TPSA) is 58.6 Å². The fourth-order valence-corrected chi connectivity index (χ4v) is 3.54. The lowest BCUT2D eigenvalue weighted by Crippen LogP contribution is -2.53. The van der Waals surface area contributed by atoms with Crippen LogP contribution in [0.1, 0.15) is 31.4 Å². The summed E-state index contributed by atoms with van der Waals surface area (Å²) in [6.45, 7) is 3.63. The number of rotatable bonds is 11. The van der Waals surface area contributed by atoms with Gasteiger partial charge in [-0.1, -0.05) is 49.4 Å². The Morgan fingerprint density at radius 2 is 1.49 bits per heavy atom. The second-order valence-electron chi connectivity index (χ2n) is 8.41. The summed E-state index contributed by atoms with van der Waals surface area (Å²) in [6.07, 6.45) is 1.04. The molecule has 5 nitrogen and oxygen atoms in total. The SMILES string of the molecule is CC[C@H](C)NC(=O)[C@H](Cc1ccccc1)N(Cc1ccc(F)cc1)C(=O)COc1ccc(F)cc1. The van der Waals surface area contributed by atoms with Gasteiger partial charge in [0.1, 0.15) is 23.4 Å². The number of hydrogen-bond acceptors (Lipinski definition) is 3. The van der Waals surface area contributed by atoms with Crippen LogP contribution in [0.4, 0.5) is 8.78 Å². The van der Waals surface area contributed by atoms with Crippen molar-refractivity contribution in [3.05, 3.63) is 102 Å². The molecule has 35 heavy (non-hydrogen) atoms. The number of benzene rings is 3. The van der Waals surface area contributed by atoms with Crippen LogP contribution in [0.5, 0.6) is 5.75 Å². The normalized spacial score (nSPS) is 12.5. The summed E-state index contributed by atoms with van der Waals surface area (Å²) in [4.78, 5) is 28.3. The first kappa shape index (κ1) is 25.9. The summed E-state index contributed by atoms with van der Waals surface area (Å²) in [5.74, 6) is -1.16. The zero-order valence-corrected chi connectivity index (χ0v) is 19.9. The Bertz CT molecular complexity index is 1090. The van der Waals surface area contributed by atoms with E-state index in [0.717, 1.165) is 12.0 Å². The van der Waals surface area contributed by atoms with Gasteiger partial charge >= 0.3 is 0 Å². The highest BCUT2D eigenvalue weighted by molar-refractivity contribution is 5.88. The molecule has 0 aliphatic heterocycles. The fourth-order valence-electron chi connectivity index (χ4n) is 3.54. The Hall–Kier alpha value is -3.74. The maximum absolute atomic E-state index is 13.5. The molecule has 0 spiro atoms. The van der Waals surface area contributed by atoms with Crippen LogP contribution in [0.15, 0.2) is 78.9 Å². The molecule has 0 aliphatic rings. The second-order valence-corrected chi connectivity index (χ2v) is 8.41. The van der Waals surface area contributed by atoms with Crippen LogP contribution in [0, 0.1) is 11.6 Å². The van der Waals surface area contributed by atoms with Crippen molar-refractivity contribution in [2.24, 2.45) is 0 Å². The zero-order chi connectivity index (χ0) is 25.2. The minimum Gasteiger partial charge on any atom is -0.484 e. The number of hydrogen-bond donors (Lipinski definition) is 1. The Labute approximate surface area is 204 Å². The van der Waals surface area contributed by atoms with Crippen molar-refractivity contribution < 1.29 is 23.1 Å². The van der Waals surface area contributed by atoms with E-state index >= 15 is 0 Å². The summed E-state index contributed by atoms with van der Waals surface area (Å²) in [7, 11) is 0. The number of nitrogens with zero attached hydrogens (tertiary/aromatic N) is 1. The van der Waals surface area contributed by atoms with Gasteiger partial charge in [-0.25, -0.2) is 8.78 Å². The van der Waals surface area contributed by atoms with Crippen molar-refractivity contribution in [2.75, 3.05) is 6.61 Å². The van der Waals surface area contributed by atoms with Crippen molar-refractivity contribution in [2.45, 2.75) is 45.3 Å². The van der Waals surface area contributed by atoms with Gasteiger partial charge in [-0.15, -0.1) is 0 Å². The average Bonchev–Trinajstić information content (AvgIpc) is 2.87. The van der Waals surface area contributed by atoms with E-state index in [4.69, 9.17) is 4.74 Å². The number of amides is 2. The van der Waals surface area contributed by atoms with Crippen molar-refractivity contribution in [3.8, 4) is 5.75 Å². The van der Waals surface area contributed by atoms with E-state index in [1.54, 1.807) is 12.1 Å². The van der Waals surface area contributed by atoms with E-state index < -0.39 is 17.8 Å². The highest BCUT2D eigenvalue weighted by atomic mass is 19.1. The van der Waals surface area contributed by atoms with Gasteiger partial charge in [-0.3, -0.25) is 9.59 Å². The third kappa shape index (κ3) is 7.91. The average molecular weight is 481 g/mol. The van der Waals surface area contributed by atoms with Gasteiger partial charge < -0.3 is 15.0 Å². The van der Waals surface area contributed by atoms with Crippen molar-refractivity contribution in [1.82, 2.24) is 10.2 Å². The van der Waals surface area contributed by atoms with Crippen LogP contribution < -0.4 is 10.1 Å². The monoisotopic (exact) mass is 480 g/mol. The molecule has 0 heterocycles. The molecule has 3 aromatic carbocycles. The van der Waals surface area contributed by atoms with Crippen LogP contribution in [0.25, 0.3) is 0 Å². The molecule has 0 saturated heterocycles. The molecule has 1 N–H and O–H groups in total. The first-order chi connectivity index (χ1) is 16.9. The molecule has 7 heteroatoms. The maximum Gasteiger partial charge on any atom is 0.261 e. The lowest BCUT2D eigenvalue weighted by atomic mass is 10.0. The summed E-state index contributed by atoms with van der Waals surface area (Å²) in [6, 6.07) is 19.7. The van der Waals surface area contributed by atoms with Gasteiger partial charge in [0.2, 0.25) is 5.91 Å². The van der Waals surface area contributed by atoms with E-state index in [1.807, 2.05) is 44.2 Å². The van der Waals surface area contributed by atoms with E-state index in [1.165, 1.54) is 41.3 Å². The molecule has 0 bridgehead atoms. The molecular formula is C28H30F2N2O3. The summed E-state index contributed by atoms with van der Waals surface area (Å²) < 4.78 is 32.3. The van der Waals surface area contributed by atoms with Gasteiger partial charge in [-0.2, -0.15) is 0 Å². The smallest absolute Gasteiger partial charge is 0.261 e. The molecule has 184 valence electrons. The molecule has 0 aliphatic carbocycles. The van der Waals surface area contributed by atoms with Crippen molar-refractivity contribution in [1.29, 1.82) is 0 Å². The molecule has 0 radical (unpaired) electrons. The van der Waals surface area contributed by atoms with E-state index in [9.17, 15) is 18.4 Å². The predicted octanol–water partition coefficient (Wildman–Crippen LogP) is 4.90. The third-order valence-corrected chi connectivity index (χ3v) is 5.71. The Balaban J connectivity index is 1.89. The van der Waals surface area contributed by atoms with Gasteiger partial charge in [0.05, 0.1) is 0 Å². The quantitative estimate of drug-likeness (QED) is 0.425. The standard InChI is InChI=1S/C28H30F2N2O3/c1-3-20(2)31-28(34)26(17-21-7-5-4-6-8-21)32(18-22-9-11-23(29)12-10-22)27(33)19-35-25-15-13-24(30)14-16-25/h4-16,20,26H,3,17-19H2,1-2H3,(H,31,34)/t20-,26-/m0/s1. The fraction of sp³-hybridized carbons (Fsp3) is 0.286. The van der Waals surface area contributed by atoms with Crippen LogP contribution in [-0.4, -0.2) is 35.4 Å². The first-order valence-electron chi connectivity index (χ1n) is 11.6. The predicted molar refractivity (Wildman–Crippen MR) is 131 cm³/mol. The number of carbonyl (C=O) groups is 2. The molecular weight excluding hydrogens is 450 g/mol. The molecule has 2 atom stereocenters. The second kappa shape index (κ2) is 12.6. The number of ether oxygens (including phenoxy) is 1. The van der Waals surface area contributed by atoms with Crippen molar-refractivity contribution in [3.63, 3.8) is 0 Å². The van der Waals surface area contributed by atoms with E-state index in [2.05, 4.69) is 5.32 Å². The van der Waals surface area contributed by atoms with Gasteiger partial charge in [0.25, 0.3) is 5.91 Å². The molecule has 0 fully saturated rings. The first-order valence-corrected chi connectivity index (χ1v) is 11.6. The highest BCUT2D eigenvalue weighted by Gasteiger charge is 2.31. The number of halogens is 2. The zero-order valence-electron chi connectivity index (χ0n) is 19.9. The third-order valence-electron chi connectivity index (χ3n) is 5.71. The lowest BCUT2D eigenvalue weighted by molar-refractivity contribution is -0.143. The van der Waals surface area contributed by atoms with Gasteiger partial charge in [-0.05, 0) is 60.9 Å². The van der Waals surface area contributed by atoms with Crippen LogP contribution in [0.2, 0.25) is 0 Å². The summed E-state index contributed by atoms with van der Waals surface area (Å²) in [5.41, 5.74) is 1.57. The molecule has 3 aromatic rings.